The fourth-order valence-corrected chi connectivity index (χ4v) is 1.48. The molecule has 4 nitrogen and oxygen atoms in total. The molecule has 1 aromatic rings. The SMILES string of the molecule is Cc1ccc(Cl)c(OCCCC(=O)N(C)N)c1. The first-order valence-electron chi connectivity index (χ1n) is 5.41. The number of ether oxygens (including phenoxy) is 1. The van der Waals surface area contributed by atoms with Crippen molar-refractivity contribution in [3.8, 4) is 5.75 Å². The zero-order valence-electron chi connectivity index (χ0n) is 10.1. The average Bonchev–Trinajstić information content (AvgIpc) is 2.28. The van der Waals surface area contributed by atoms with Gasteiger partial charge in [-0.15, -0.1) is 0 Å². The number of halogens is 1. The third-order valence-electron chi connectivity index (χ3n) is 2.27. The van der Waals surface area contributed by atoms with Crippen LogP contribution < -0.4 is 10.6 Å². The maximum absolute atomic E-state index is 11.2. The fourth-order valence-electron chi connectivity index (χ4n) is 1.30. The number of hydrogen-bond acceptors (Lipinski definition) is 3. The normalized spacial score (nSPS) is 10.1. The number of nitrogens with zero attached hydrogens (tertiary/aromatic N) is 1. The summed E-state index contributed by atoms with van der Waals surface area (Å²) in [7, 11) is 1.53. The molecule has 0 bridgehead atoms. The van der Waals surface area contributed by atoms with E-state index in [9.17, 15) is 4.79 Å². The summed E-state index contributed by atoms with van der Waals surface area (Å²) in [5.41, 5.74) is 1.09. The van der Waals surface area contributed by atoms with Crippen molar-refractivity contribution in [3.05, 3.63) is 28.8 Å². The van der Waals surface area contributed by atoms with Crippen LogP contribution in [0.15, 0.2) is 18.2 Å². The Labute approximate surface area is 106 Å². The van der Waals surface area contributed by atoms with Crippen molar-refractivity contribution in [2.75, 3.05) is 13.7 Å². The summed E-state index contributed by atoms with van der Waals surface area (Å²) in [4.78, 5) is 11.2. The van der Waals surface area contributed by atoms with E-state index in [4.69, 9.17) is 22.2 Å². The van der Waals surface area contributed by atoms with Crippen LogP contribution in [0.25, 0.3) is 0 Å². The highest BCUT2D eigenvalue weighted by Crippen LogP contribution is 2.25. The van der Waals surface area contributed by atoms with Crippen LogP contribution in [0.2, 0.25) is 5.02 Å². The van der Waals surface area contributed by atoms with Crippen LogP contribution >= 0.6 is 11.6 Å². The smallest absolute Gasteiger partial charge is 0.236 e. The van der Waals surface area contributed by atoms with Gasteiger partial charge < -0.3 is 4.74 Å². The van der Waals surface area contributed by atoms with Crippen LogP contribution in [0, 0.1) is 6.92 Å². The molecular weight excluding hydrogens is 240 g/mol. The van der Waals surface area contributed by atoms with Gasteiger partial charge in [-0.25, -0.2) is 5.84 Å². The zero-order chi connectivity index (χ0) is 12.8. The van der Waals surface area contributed by atoms with Gasteiger partial charge in [0.1, 0.15) is 5.75 Å². The summed E-state index contributed by atoms with van der Waals surface area (Å²) in [5, 5.41) is 1.66. The van der Waals surface area contributed by atoms with Gasteiger partial charge in [0.05, 0.1) is 11.6 Å². The highest BCUT2D eigenvalue weighted by molar-refractivity contribution is 6.32. The third-order valence-corrected chi connectivity index (χ3v) is 2.58. The first-order valence-corrected chi connectivity index (χ1v) is 5.78. The molecule has 5 heteroatoms. The molecule has 0 heterocycles. The quantitative estimate of drug-likeness (QED) is 0.380. The second-order valence-corrected chi connectivity index (χ2v) is 4.30. The standard InChI is InChI=1S/C12H17ClN2O2/c1-9-5-6-10(13)11(8-9)17-7-3-4-12(16)15(2)14/h5-6,8H,3-4,7,14H2,1-2H3. The molecule has 0 aliphatic rings. The molecule has 2 N–H and O–H groups in total. The summed E-state index contributed by atoms with van der Waals surface area (Å²) < 4.78 is 5.50. The Bertz CT molecular complexity index is 394. The largest absolute Gasteiger partial charge is 0.492 e. The van der Waals surface area contributed by atoms with Crippen molar-refractivity contribution in [1.82, 2.24) is 5.01 Å². The third kappa shape index (κ3) is 4.63. The molecule has 1 aromatic carbocycles. The fraction of sp³-hybridized carbons (Fsp3) is 0.417. The second-order valence-electron chi connectivity index (χ2n) is 3.89. The minimum Gasteiger partial charge on any atom is -0.492 e. The predicted molar refractivity (Wildman–Crippen MR) is 67.9 cm³/mol. The van der Waals surface area contributed by atoms with Crippen molar-refractivity contribution in [3.63, 3.8) is 0 Å². The number of carbonyl (C=O) groups is 1. The average molecular weight is 257 g/mol. The van der Waals surface area contributed by atoms with E-state index in [1.54, 1.807) is 6.07 Å². The van der Waals surface area contributed by atoms with Gasteiger partial charge in [-0.1, -0.05) is 17.7 Å². The number of benzene rings is 1. The maximum atomic E-state index is 11.2. The van der Waals surface area contributed by atoms with Gasteiger partial charge in [-0.2, -0.15) is 0 Å². The Hall–Kier alpha value is -1.26. The lowest BCUT2D eigenvalue weighted by atomic mass is 10.2. The van der Waals surface area contributed by atoms with Gasteiger partial charge in [-0.3, -0.25) is 9.80 Å². The monoisotopic (exact) mass is 256 g/mol. The van der Waals surface area contributed by atoms with Crippen LogP contribution in [0.4, 0.5) is 0 Å². The predicted octanol–water partition coefficient (Wildman–Crippen LogP) is 2.14. The van der Waals surface area contributed by atoms with Gasteiger partial charge in [0.25, 0.3) is 0 Å². The number of carbonyl (C=O) groups excluding carboxylic acids is 1. The molecule has 17 heavy (non-hydrogen) atoms. The molecule has 0 saturated carbocycles. The number of nitrogens with two attached hydrogens (primary N) is 1. The molecule has 0 atom stereocenters. The summed E-state index contributed by atoms with van der Waals surface area (Å²) in [5.74, 6) is 5.84. The zero-order valence-corrected chi connectivity index (χ0v) is 10.8. The Morgan fingerprint density at radius 3 is 2.88 bits per heavy atom. The molecule has 0 radical (unpaired) electrons. The Morgan fingerprint density at radius 1 is 1.53 bits per heavy atom. The van der Waals surface area contributed by atoms with Gasteiger partial charge in [0, 0.05) is 13.5 Å². The molecule has 1 rings (SSSR count). The van der Waals surface area contributed by atoms with Crippen LogP contribution in [0.1, 0.15) is 18.4 Å². The Morgan fingerprint density at radius 2 is 2.24 bits per heavy atom. The van der Waals surface area contributed by atoms with Gasteiger partial charge in [0.2, 0.25) is 5.91 Å². The van der Waals surface area contributed by atoms with E-state index in [1.807, 2.05) is 19.1 Å². The second kappa shape index (κ2) is 6.47. The van der Waals surface area contributed by atoms with Gasteiger partial charge in [0.15, 0.2) is 0 Å². The molecule has 0 saturated heterocycles. The van der Waals surface area contributed by atoms with E-state index in [1.165, 1.54) is 7.05 Å². The lowest BCUT2D eigenvalue weighted by molar-refractivity contribution is -0.130. The Balaban J connectivity index is 2.36. The highest BCUT2D eigenvalue weighted by atomic mass is 35.5. The summed E-state index contributed by atoms with van der Waals surface area (Å²) in [6.45, 7) is 2.42. The maximum Gasteiger partial charge on any atom is 0.236 e. The molecule has 0 aromatic heterocycles. The van der Waals surface area contributed by atoms with Crippen LogP contribution in [0.5, 0.6) is 5.75 Å². The number of hydrogen-bond donors (Lipinski definition) is 1. The lowest BCUT2D eigenvalue weighted by Gasteiger charge is -2.11. The number of hydrazine groups is 1. The van der Waals surface area contributed by atoms with E-state index in [0.29, 0.717) is 30.2 Å². The number of aryl methyl sites for hydroxylation is 1. The van der Waals surface area contributed by atoms with Crippen LogP contribution in [-0.4, -0.2) is 24.6 Å². The summed E-state index contributed by atoms with van der Waals surface area (Å²) in [6.07, 6.45) is 0.987. The summed E-state index contributed by atoms with van der Waals surface area (Å²) in [6, 6.07) is 5.59. The molecular formula is C12H17ClN2O2. The minimum absolute atomic E-state index is 0.107. The molecule has 0 spiro atoms. The summed E-state index contributed by atoms with van der Waals surface area (Å²) >= 11 is 5.97. The van der Waals surface area contributed by atoms with Crippen molar-refractivity contribution < 1.29 is 9.53 Å². The van der Waals surface area contributed by atoms with Crippen LogP contribution in [-0.2, 0) is 4.79 Å². The van der Waals surface area contributed by atoms with E-state index < -0.39 is 0 Å². The number of amides is 1. The minimum atomic E-state index is -0.107. The van der Waals surface area contributed by atoms with Gasteiger partial charge in [-0.05, 0) is 31.0 Å². The molecule has 0 aliphatic carbocycles. The van der Waals surface area contributed by atoms with Crippen molar-refractivity contribution in [2.45, 2.75) is 19.8 Å². The highest BCUT2D eigenvalue weighted by Gasteiger charge is 2.05. The molecule has 0 fully saturated rings. The van der Waals surface area contributed by atoms with E-state index in [-0.39, 0.29) is 5.91 Å². The number of rotatable bonds is 5. The van der Waals surface area contributed by atoms with Crippen molar-refractivity contribution in [1.29, 1.82) is 0 Å². The van der Waals surface area contributed by atoms with Crippen molar-refractivity contribution >= 4 is 17.5 Å². The van der Waals surface area contributed by atoms with Crippen molar-refractivity contribution in [2.24, 2.45) is 5.84 Å². The lowest BCUT2D eigenvalue weighted by Crippen LogP contribution is -2.33. The molecule has 0 aliphatic heterocycles. The first kappa shape index (κ1) is 13.8. The topological polar surface area (TPSA) is 55.6 Å². The first-order chi connectivity index (χ1) is 8.00. The van der Waals surface area contributed by atoms with E-state index >= 15 is 0 Å². The van der Waals surface area contributed by atoms with E-state index in [0.717, 1.165) is 10.6 Å². The Kier molecular flexibility index (Phi) is 5.25. The van der Waals surface area contributed by atoms with Gasteiger partial charge >= 0.3 is 0 Å². The van der Waals surface area contributed by atoms with E-state index in [2.05, 4.69) is 0 Å². The molecule has 1 amide bonds. The van der Waals surface area contributed by atoms with Crippen LogP contribution in [0.3, 0.4) is 0 Å². The molecule has 0 unspecified atom stereocenters. The molecule has 94 valence electrons.